The number of nitrogens with zero attached hydrogens (tertiary/aromatic N) is 1. The van der Waals surface area contributed by atoms with Crippen molar-refractivity contribution >= 4 is 25.8 Å². The van der Waals surface area contributed by atoms with Crippen LogP contribution in [0.3, 0.4) is 0 Å². The summed E-state index contributed by atoms with van der Waals surface area (Å²) in [5.41, 5.74) is 4.53. The first kappa shape index (κ1) is 31.9. The predicted molar refractivity (Wildman–Crippen MR) is 173 cm³/mol. The number of hydrogen-bond donors (Lipinski definition) is 3. The summed E-state index contributed by atoms with van der Waals surface area (Å²) in [4.78, 5) is 39.5. The highest BCUT2D eigenvalue weighted by molar-refractivity contribution is 6.71. The zero-order valence-corrected chi connectivity index (χ0v) is 27.0. The van der Waals surface area contributed by atoms with Crippen molar-refractivity contribution in [1.82, 2.24) is 4.90 Å². The van der Waals surface area contributed by atoms with Crippen LogP contribution in [0.2, 0.25) is 18.6 Å². The molecule has 0 aliphatic carbocycles. The van der Waals surface area contributed by atoms with Crippen molar-refractivity contribution in [2.24, 2.45) is 5.92 Å². The van der Waals surface area contributed by atoms with E-state index in [-0.39, 0.29) is 54.6 Å². The number of nitrogens with one attached hydrogen (secondary N) is 1. The van der Waals surface area contributed by atoms with E-state index in [0.29, 0.717) is 24.3 Å². The number of aliphatic hydroxyl groups is 1. The summed E-state index contributed by atoms with van der Waals surface area (Å²) in [7, 11) is -1.08. The minimum absolute atomic E-state index is 0.0417. The number of aryl methyl sites for hydroxylation is 1. The molecule has 3 aromatic carbocycles. The molecule has 0 bridgehead atoms. The standard InChI is InChI=1S/C35H44N2O6Si/c1-23-31(17-12-24-8-7-11-28(18-24)36-35(40)25-13-15-30(42-2)16-14-25)43-32(34(23)44(3,4)41)20-33(39)37-21-27-10-6-5-9-26(27)19-29(37)22-38/h5-11,13-16,18,23,29,31-32,34,38,41H,12,17,19-22H2,1-4H3,(H,36,40)/t23-,29+,31+,32-,34+/m1/s1. The molecule has 0 unspecified atom stereocenters. The van der Waals surface area contributed by atoms with Crippen molar-refractivity contribution in [3.8, 4) is 5.75 Å². The van der Waals surface area contributed by atoms with Gasteiger partial charge in [-0.25, -0.2) is 0 Å². The lowest BCUT2D eigenvalue weighted by Gasteiger charge is -2.37. The van der Waals surface area contributed by atoms with Gasteiger partial charge < -0.3 is 29.6 Å². The minimum atomic E-state index is -2.67. The van der Waals surface area contributed by atoms with E-state index in [1.807, 2.05) is 55.6 Å². The van der Waals surface area contributed by atoms with E-state index in [9.17, 15) is 19.5 Å². The third-order valence-electron chi connectivity index (χ3n) is 9.24. The molecular formula is C35H44N2O6Si. The molecule has 3 aromatic rings. The van der Waals surface area contributed by atoms with E-state index in [1.54, 1.807) is 36.3 Å². The second kappa shape index (κ2) is 13.6. The lowest BCUT2D eigenvalue weighted by molar-refractivity contribution is -0.138. The molecule has 0 saturated carbocycles. The Balaban J connectivity index is 1.23. The zero-order valence-electron chi connectivity index (χ0n) is 26.0. The topological polar surface area (TPSA) is 108 Å². The molecule has 8 nitrogen and oxygen atoms in total. The number of ether oxygens (including phenoxy) is 2. The Morgan fingerprint density at radius 2 is 1.75 bits per heavy atom. The van der Waals surface area contributed by atoms with Gasteiger partial charge in [0.25, 0.3) is 5.91 Å². The quantitative estimate of drug-likeness (QED) is 0.271. The Kier molecular flexibility index (Phi) is 9.89. The fourth-order valence-electron chi connectivity index (χ4n) is 7.00. The minimum Gasteiger partial charge on any atom is -0.497 e. The normalized spacial score (nSPS) is 23.2. The molecule has 234 valence electrons. The molecular weight excluding hydrogens is 572 g/mol. The largest absolute Gasteiger partial charge is 0.497 e. The first-order valence-electron chi connectivity index (χ1n) is 15.5. The van der Waals surface area contributed by atoms with Crippen molar-refractivity contribution in [3.05, 3.63) is 95.1 Å². The van der Waals surface area contributed by atoms with Crippen LogP contribution in [0.25, 0.3) is 0 Å². The van der Waals surface area contributed by atoms with Crippen molar-refractivity contribution in [1.29, 1.82) is 0 Å². The van der Waals surface area contributed by atoms with Gasteiger partial charge in [0, 0.05) is 23.3 Å². The fraction of sp³-hybridized carbons (Fsp3) is 0.429. The predicted octanol–water partition coefficient (Wildman–Crippen LogP) is 5.19. The van der Waals surface area contributed by atoms with Gasteiger partial charge in [0.2, 0.25) is 5.91 Å². The Morgan fingerprint density at radius 1 is 1.02 bits per heavy atom. The van der Waals surface area contributed by atoms with Gasteiger partial charge in [-0.15, -0.1) is 0 Å². The summed E-state index contributed by atoms with van der Waals surface area (Å²) in [6.45, 7) is 6.37. The van der Waals surface area contributed by atoms with Crippen molar-refractivity contribution in [2.45, 2.75) is 76.0 Å². The zero-order chi connectivity index (χ0) is 31.4. The fourth-order valence-corrected chi connectivity index (χ4v) is 9.61. The number of fused-ring (bicyclic) bond motifs is 1. The van der Waals surface area contributed by atoms with Crippen LogP contribution < -0.4 is 10.1 Å². The summed E-state index contributed by atoms with van der Waals surface area (Å²) < 4.78 is 11.8. The molecule has 44 heavy (non-hydrogen) atoms. The highest BCUT2D eigenvalue weighted by Gasteiger charge is 2.50. The highest BCUT2D eigenvalue weighted by atomic mass is 28.4. The Bertz CT molecular complexity index is 1460. The summed E-state index contributed by atoms with van der Waals surface area (Å²) >= 11 is 0. The molecule has 0 aromatic heterocycles. The van der Waals surface area contributed by atoms with Crippen LogP contribution in [0, 0.1) is 5.92 Å². The van der Waals surface area contributed by atoms with Gasteiger partial charge in [0.1, 0.15) is 5.75 Å². The average Bonchev–Trinajstić information content (AvgIpc) is 3.34. The molecule has 2 aliphatic rings. The third kappa shape index (κ3) is 7.23. The van der Waals surface area contributed by atoms with Gasteiger partial charge in [-0.3, -0.25) is 9.59 Å². The average molecular weight is 617 g/mol. The van der Waals surface area contributed by atoms with Crippen LogP contribution in [0.4, 0.5) is 5.69 Å². The molecule has 1 fully saturated rings. The number of rotatable bonds is 10. The third-order valence-corrected chi connectivity index (χ3v) is 11.8. The maximum Gasteiger partial charge on any atom is 0.255 e. The van der Waals surface area contributed by atoms with Crippen molar-refractivity contribution in [2.75, 3.05) is 19.0 Å². The molecule has 5 rings (SSSR count). The number of hydrogen-bond acceptors (Lipinski definition) is 6. The summed E-state index contributed by atoms with van der Waals surface area (Å²) in [6, 6.07) is 22.6. The maximum atomic E-state index is 13.7. The molecule has 2 aliphatic heterocycles. The number of aliphatic hydroxyl groups excluding tert-OH is 1. The summed E-state index contributed by atoms with van der Waals surface area (Å²) in [5.74, 6) is 0.552. The van der Waals surface area contributed by atoms with Crippen LogP contribution >= 0.6 is 0 Å². The van der Waals surface area contributed by atoms with E-state index in [2.05, 4.69) is 18.3 Å². The van der Waals surface area contributed by atoms with Gasteiger partial charge in [-0.05, 0) is 91.4 Å². The van der Waals surface area contributed by atoms with E-state index in [0.717, 1.165) is 29.7 Å². The maximum absolute atomic E-state index is 13.7. The smallest absolute Gasteiger partial charge is 0.255 e. The molecule has 0 radical (unpaired) electrons. The van der Waals surface area contributed by atoms with Crippen LogP contribution in [0.5, 0.6) is 5.75 Å². The monoisotopic (exact) mass is 616 g/mol. The number of carbonyl (C=O) groups excluding carboxylic acids is 2. The van der Waals surface area contributed by atoms with Crippen molar-refractivity contribution in [3.63, 3.8) is 0 Å². The van der Waals surface area contributed by atoms with E-state index < -0.39 is 8.32 Å². The molecule has 2 heterocycles. The number of amides is 2. The van der Waals surface area contributed by atoms with Crippen LogP contribution in [0.15, 0.2) is 72.8 Å². The highest BCUT2D eigenvalue weighted by Crippen LogP contribution is 2.46. The Morgan fingerprint density at radius 3 is 2.43 bits per heavy atom. The first-order valence-corrected chi connectivity index (χ1v) is 18.5. The van der Waals surface area contributed by atoms with E-state index >= 15 is 0 Å². The Labute approximate surface area is 261 Å². The molecule has 1 saturated heterocycles. The number of methoxy groups -OCH3 is 1. The van der Waals surface area contributed by atoms with Gasteiger partial charge in [0.15, 0.2) is 8.32 Å². The van der Waals surface area contributed by atoms with Crippen molar-refractivity contribution < 1.29 is 29.0 Å². The van der Waals surface area contributed by atoms with E-state index in [4.69, 9.17) is 9.47 Å². The molecule has 0 spiro atoms. The molecule has 3 N–H and O–H groups in total. The number of benzene rings is 3. The van der Waals surface area contributed by atoms with Gasteiger partial charge in [0.05, 0.1) is 38.4 Å². The molecule has 5 atom stereocenters. The Hall–Kier alpha value is -3.50. The van der Waals surface area contributed by atoms with Crippen LogP contribution in [0.1, 0.15) is 46.8 Å². The second-order valence-electron chi connectivity index (χ2n) is 12.7. The lowest BCUT2D eigenvalue weighted by atomic mass is 9.93. The summed E-state index contributed by atoms with van der Waals surface area (Å²) in [6.07, 6.45) is 1.81. The van der Waals surface area contributed by atoms with Crippen LogP contribution in [-0.4, -0.2) is 66.9 Å². The first-order chi connectivity index (χ1) is 21.1. The van der Waals surface area contributed by atoms with Gasteiger partial charge in [-0.2, -0.15) is 0 Å². The molecule has 9 heteroatoms. The summed E-state index contributed by atoms with van der Waals surface area (Å²) in [5, 5.41) is 13.1. The second-order valence-corrected chi connectivity index (χ2v) is 16.7. The number of anilines is 1. The molecule has 2 amide bonds. The SMILES string of the molecule is COc1ccc(C(=O)Nc2cccc(CC[C@@H]3O[C@H](CC(=O)N4Cc5ccccc5C[C@H]4CO)[C@@H]([Si](C)(C)O)[C@@H]3C)c2)cc1. The van der Waals surface area contributed by atoms with Crippen LogP contribution in [-0.2, 0) is 28.9 Å². The number of carbonyl (C=O) groups is 2. The van der Waals surface area contributed by atoms with Gasteiger partial charge in [-0.1, -0.05) is 43.3 Å². The van der Waals surface area contributed by atoms with E-state index in [1.165, 1.54) is 5.56 Å². The van der Waals surface area contributed by atoms with Gasteiger partial charge >= 0.3 is 0 Å². The lowest BCUT2D eigenvalue weighted by Crippen LogP contribution is -2.48.